The third-order valence-electron chi connectivity index (χ3n) is 9.55. The summed E-state index contributed by atoms with van der Waals surface area (Å²) in [4.78, 5) is 58.1. The third kappa shape index (κ3) is 5.39. The molecule has 9 N–H and O–H groups in total. The second-order valence-electron chi connectivity index (χ2n) is 12.1. The fraction of sp³-hybridized carbons (Fsp3) is 0.583. The number of imidazole rings is 2. The average molecular weight is 745 g/mol. The molecule has 0 amide bonds. The molecule has 2 saturated carbocycles. The molecule has 0 radical (unpaired) electrons. The van der Waals surface area contributed by atoms with Crippen LogP contribution in [0.4, 0.5) is 11.8 Å². The smallest absolute Gasteiger partial charge is 0.390 e. The van der Waals surface area contributed by atoms with Crippen LogP contribution in [0.5, 0.6) is 0 Å². The number of phosphoric acid groups is 1. The highest BCUT2D eigenvalue weighted by Gasteiger charge is 2.58. The number of thioether (sulfide) groups is 1. The van der Waals surface area contributed by atoms with Gasteiger partial charge in [-0.25, -0.2) is 24.5 Å². The molecule has 20 nitrogen and oxygen atoms in total. The molecule has 4 aromatic rings. The number of fused-ring (bicyclic) bond motifs is 8. The number of anilines is 2. The molecule has 0 spiro atoms. The van der Waals surface area contributed by atoms with Crippen LogP contribution in [0, 0.1) is 17.8 Å². The quantitative estimate of drug-likeness (QED) is 0.131. The number of rotatable bonds is 2. The van der Waals surface area contributed by atoms with Gasteiger partial charge in [-0.1, -0.05) is 0 Å². The number of hydrogen-bond donors (Lipinski definition) is 7. The Hall–Kier alpha value is -2.59. The molecule has 258 valence electrons. The van der Waals surface area contributed by atoms with Crippen molar-refractivity contribution in [2.75, 3.05) is 24.7 Å². The van der Waals surface area contributed by atoms with E-state index in [1.807, 2.05) is 0 Å². The third-order valence-corrected chi connectivity index (χ3v) is 13.6. The van der Waals surface area contributed by atoms with Gasteiger partial charge in [-0.05, 0) is 30.6 Å². The Balaban J connectivity index is 1.15. The van der Waals surface area contributed by atoms with Gasteiger partial charge in [-0.3, -0.25) is 23.4 Å². The van der Waals surface area contributed by atoms with E-state index in [0.29, 0.717) is 24.0 Å². The predicted molar refractivity (Wildman–Crippen MR) is 171 cm³/mol. The van der Waals surface area contributed by atoms with Crippen LogP contribution in [0.2, 0.25) is 0 Å². The number of aromatic amines is 1. The van der Waals surface area contributed by atoms with Crippen LogP contribution in [0.25, 0.3) is 22.3 Å². The maximum absolute atomic E-state index is 13.6. The van der Waals surface area contributed by atoms with Gasteiger partial charge < -0.3 is 45.1 Å². The zero-order valence-corrected chi connectivity index (χ0v) is 28.0. The Morgan fingerprint density at radius 2 is 1.67 bits per heavy atom. The Kier molecular flexibility index (Phi) is 7.98. The molecule has 4 fully saturated rings. The molecule has 3 unspecified atom stereocenters. The first-order chi connectivity index (χ1) is 22.8. The lowest BCUT2D eigenvalue weighted by atomic mass is 9.73. The van der Waals surface area contributed by atoms with Crippen LogP contribution in [-0.4, -0.2) is 102 Å². The number of nitrogens with zero attached hydrogens (tertiary/aromatic N) is 7. The van der Waals surface area contributed by atoms with Gasteiger partial charge in [-0.15, -0.1) is 11.8 Å². The predicted octanol–water partition coefficient (Wildman–Crippen LogP) is -0.209. The Morgan fingerprint density at radius 1 is 0.917 bits per heavy atom. The zero-order chi connectivity index (χ0) is 33.7. The highest BCUT2D eigenvalue weighted by molar-refractivity contribution is 8.07. The van der Waals surface area contributed by atoms with Gasteiger partial charge in [0.1, 0.15) is 23.3 Å². The summed E-state index contributed by atoms with van der Waals surface area (Å²) >= 11 is 6.43. The van der Waals surface area contributed by atoms with Gasteiger partial charge >= 0.3 is 14.5 Å². The van der Waals surface area contributed by atoms with Crippen molar-refractivity contribution in [1.82, 2.24) is 39.0 Å². The minimum atomic E-state index is -4.95. The van der Waals surface area contributed by atoms with E-state index < -0.39 is 79.6 Å². The van der Waals surface area contributed by atoms with Crippen LogP contribution < -0.4 is 17.0 Å². The molecular weight excluding hydrogens is 714 g/mol. The highest BCUT2D eigenvalue weighted by Crippen LogP contribution is 2.60. The molecule has 4 aromatic heterocycles. The van der Waals surface area contributed by atoms with E-state index in [9.17, 15) is 29.4 Å². The summed E-state index contributed by atoms with van der Waals surface area (Å²) in [6.07, 6.45) is 0.00895. The number of aliphatic hydroxyl groups excluding tert-OH is 2. The largest absolute Gasteiger partial charge is 0.472 e. The number of phosphoric ester groups is 1. The van der Waals surface area contributed by atoms with Crippen LogP contribution in [0.1, 0.15) is 24.3 Å². The number of aromatic nitrogens is 8. The van der Waals surface area contributed by atoms with Gasteiger partial charge in [0.2, 0.25) is 5.95 Å². The van der Waals surface area contributed by atoms with E-state index >= 15 is 0 Å². The first-order valence-electron chi connectivity index (χ1n) is 14.8. The number of nitrogens with one attached hydrogen (secondary N) is 1. The van der Waals surface area contributed by atoms with E-state index in [1.54, 1.807) is 10.9 Å². The second-order valence-corrected chi connectivity index (χ2v) is 17.7. The summed E-state index contributed by atoms with van der Waals surface area (Å²) in [7, 11) is -4.95. The normalized spacial score (nSPS) is 40.3. The van der Waals surface area contributed by atoms with Crippen molar-refractivity contribution in [3.63, 3.8) is 0 Å². The lowest BCUT2D eigenvalue weighted by Crippen LogP contribution is -2.51. The Morgan fingerprint density at radius 3 is 2.48 bits per heavy atom. The van der Waals surface area contributed by atoms with Crippen LogP contribution in [0.3, 0.4) is 0 Å². The van der Waals surface area contributed by atoms with Gasteiger partial charge in [0.15, 0.2) is 22.6 Å². The molecule has 8 rings (SSSR count). The monoisotopic (exact) mass is 744 g/mol. The first kappa shape index (κ1) is 32.6. The SMILES string of the molecule is Nc1nc2c(ncn2[C@@H]2S[C@@H]3COP(O)(=S)O[C@H]4[C@@H](O)[C@@H]5CC[C@H](C5n5cnc6c(N)ncnc65)[C@@H]4COP(=O)(O)O[C@@H]2[C@@H]3O)c(=O)[nH]1. The van der Waals surface area contributed by atoms with Crippen LogP contribution >= 0.6 is 26.3 Å². The number of H-pyrrole nitrogens is 1. The fourth-order valence-electron chi connectivity index (χ4n) is 7.52. The van der Waals surface area contributed by atoms with Crippen LogP contribution in [0.15, 0.2) is 23.8 Å². The first-order valence-corrected chi connectivity index (χ1v) is 19.8. The standard InChI is InChI=1S/C24H30N10O10P2S2/c25-19-12-20(28-5-27-19)33(6-29-12)14-8-1-2-9(14)15(35)17-10(8)3-41-45(38,39)43-18-16(36)11(4-42-46(40,47)44-17)48-23(18)34-7-30-13-21(34)31-24(26)32-22(13)37/h5-11,14-18,23,35-36H,1-4H2,(H,38,39)(H,40,47)(H2,25,27,28)(H3,26,31,32,37)/t8-,9+,10-,11+,14?,15-,16+,17+,18+,23+,46?/m0/s1. The van der Waals surface area contributed by atoms with E-state index in [0.717, 1.165) is 11.8 Å². The van der Waals surface area contributed by atoms with Crippen molar-refractivity contribution in [1.29, 1.82) is 0 Å². The lowest BCUT2D eigenvalue weighted by Gasteiger charge is -2.45. The highest BCUT2D eigenvalue weighted by atomic mass is 32.5. The molecule has 2 saturated heterocycles. The summed E-state index contributed by atoms with van der Waals surface area (Å²) in [5.41, 5.74) is 12.0. The van der Waals surface area contributed by atoms with Gasteiger partial charge in [0, 0.05) is 17.9 Å². The van der Waals surface area contributed by atoms with Gasteiger partial charge in [-0.2, -0.15) is 4.98 Å². The molecule has 4 bridgehead atoms. The minimum Gasteiger partial charge on any atom is -0.390 e. The maximum Gasteiger partial charge on any atom is 0.472 e. The molecule has 48 heavy (non-hydrogen) atoms. The Bertz CT molecular complexity index is 2070. The minimum absolute atomic E-state index is 0.0430. The van der Waals surface area contributed by atoms with Crippen LogP contribution in [-0.2, 0) is 34.5 Å². The maximum atomic E-state index is 13.6. The molecule has 6 heterocycles. The molecule has 0 aromatic carbocycles. The summed E-state index contributed by atoms with van der Waals surface area (Å²) in [6, 6.07) is -0.406. The average Bonchev–Trinajstić information content (AvgIpc) is 3.79. The number of nitrogen functional groups attached to an aromatic ring is 2. The summed E-state index contributed by atoms with van der Waals surface area (Å²) < 4.78 is 39.8. The summed E-state index contributed by atoms with van der Waals surface area (Å²) in [5, 5.41) is 21.2. The molecule has 4 aliphatic rings. The number of hydrogen-bond acceptors (Lipinski definition) is 17. The number of nitrogens with two attached hydrogens (primary N) is 2. The van der Waals surface area contributed by atoms with Gasteiger partial charge in [0.25, 0.3) is 5.56 Å². The van der Waals surface area contributed by atoms with E-state index in [4.69, 9.17) is 41.4 Å². The number of aliphatic hydroxyl groups is 2. The Labute approximate surface area is 279 Å². The van der Waals surface area contributed by atoms with Crippen molar-refractivity contribution < 1.29 is 42.7 Å². The molecule has 12 atom stereocenters. The van der Waals surface area contributed by atoms with Crippen molar-refractivity contribution in [3.8, 4) is 0 Å². The summed E-state index contributed by atoms with van der Waals surface area (Å²) in [6.45, 7) is -4.91. The molecule has 2 aliphatic carbocycles. The van der Waals surface area contributed by atoms with Crippen molar-refractivity contribution >= 4 is 72.2 Å². The topological polar surface area (TPSA) is 294 Å². The molecule has 24 heteroatoms. The van der Waals surface area contributed by atoms with Crippen molar-refractivity contribution in [3.05, 3.63) is 29.3 Å². The zero-order valence-electron chi connectivity index (χ0n) is 24.6. The molecular formula is C24H30N10O10P2S2. The second kappa shape index (κ2) is 11.7. The summed E-state index contributed by atoms with van der Waals surface area (Å²) in [5.74, 6) is -1.54. The van der Waals surface area contributed by atoms with E-state index in [1.165, 1.54) is 17.2 Å². The van der Waals surface area contributed by atoms with Crippen molar-refractivity contribution in [2.45, 2.75) is 53.9 Å². The lowest BCUT2D eigenvalue weighted by molar-refractivity contribution is -0.102. The van der Waals surface area contributed by atoms with Gasteiger partial charge in [0.05, 0.1) is 49.4 Å². The van der Waals surface area contributed by atoms with E-state index in [-0.39, 0.29) is 35.5 Å². The van der Waals surface area contributed by atoms with Crippen molar-refractivity contribution in [2.24, 2.45) is 17.8 Å². The fourth-order valence-corrected chi connectivity index (χ4v) is 11.6. The van der Waals surface area contributed by atoms with E-state index in [2.05, 4.69) is 29.9 Å². The molecule has 2 aliphatic heterocycles.